The van der Waals surface area contributed by atoms with Gasteiger partial charge < -0.3 is 4.42 Å². The first-order valence-electron chi connectivity index (χ1n) is 12.8. The topological polar surface area (TPSA) is 64.7 Å². The molecule has 0 unspecified atom stereocenters. The minimum absolute atomic E-state index is 0.649. The number of hydrogen-bond donors (Lipinski definition) is 0. The monoisotopic (exact) mass is 500 g/mol. The van der Waals surface area contributed by atoms with Gasteiger partial charge in [-0.2, -0.15) is 0 Å². The van der Waals surface area contributed by atoms with E-state index in [1.54, 1.807) is 0 Å². The SMILES string of the molecule is c1ccc(-c2nc(-c3ccc(-c4nc5ccccc5c5ccccc45)nc3)c3oc4ccccc4c3n2)cc1. The van der Waals surface area contributed by atoms with Crippen molar-refractivity contribution in [3.8, 4) is 34.0 Å². The number of pyridine rings is 2. The Balaban J connectivity index is 1.33. The second-order valence-electron chi connectivity index (χ2n) is 9.49. The van der Waals surface area contributed by atoms with Crippen LogP contribution in [0.1, 0.15) is 0 Å². The highest BCUT2D eigenvalue weighted by molar-refractivity contribution is 6.11. The number of fused-ring (bicyclic) bond motifs is 6. The minimum Gasteiger partial charge on any atom is -0.452 e. The molecule has 5 heteroatoms. The summed E-state index contributed by atoms with van der Waals surface area (Å²) in [5, 5.41) is 4.33. The van der Waals surface area contributed by atoms with Crippen molar-refractivity contribution >= 4 is 43.7 Å². The number of hydrogen-bond acceptors (Lipinski definition) is 5. The van der Waals surface area contributed by atoms with Gasteiger partial charge in [0.25, 0.3) is 0 Å². The van der Waals surface area contributed by atoms with E-state index < -0.39 is 0 Å². The molecule has 0 fully saturated rings. The summed E-state index contributed by atoms with van der Waals surface area (Å²) >= 11 is 0. The quantitative estimate of drug-likeness (QED) is 0.228. The smallest absolute Gasteiger partial charge is 0.180 e. The first kappa shape index (κ1) is 21.6. The summed E-state index contributed by atoms with van der Waals surface area (Å²) < 4.78 is 6.28. The Morgan fingerprint density at radius 2 is 1.21 bits per heavy atom. The Morgan fingerprint density at radius 1 is 0.487 bits per heavy atom. The summed E-state index contributed by atoms with van der Waals surface area (Å²) in [6.45, 7) is 0. The molecular weight excluding hydrogens is 480 g/mol. The number of furan rings is 1. The fraction of sp³-hybridized carbons (Fsp3) is 0. The maximum Gasteiger partial charge on any atom is 0.180 e. The second kappa shape index (κ2) is 8.57. The van der Waals surface area contributed by atoms with Crippen LogP contribution >= 0.6 is 0 Å². The largest absolute Gasteiger partial charge is 0.452 e. The molecule has 0 saturated heterocycles. The van der Waals surface area contributed by atoms with Gasteiger partial charge in [0.05, 0.1) is 16.9 Å². The number of para-hydroxylation sites is 2. The lowest BCUT2D eigenvalue weighted by molar-refractivity contribution is 0.667. The highest BCUT2D eigenvalue weighted by atomic mass is 16.3. The fourth-order valence-electron chi connectivity index (χ4n) is 5.28. The Morgan fingerprint density at radius 3 is 2.03 bits per heavy atom. The molecule has 4 aromatic carbocycles. The van der Waals surface area contributed by atoms with E-state index in [0.29, 0.717) is 17.1 Å². The zero-order valence-corrected chi connectivity index (χ0v) is 20.7. The normalized spacial score (nSPS) is 11.6. The molecule has 0 radical (unpaired) electrons. The summed E-state index contributed by atoms with van der Waals surface area (Å²) in [5.74, 6) is 0.649. The molecule has 0 amide bonds. The zero-order chi connectivity index (χ0) is 25.8. The molecular formula is C34H20N4O. The second-order valence-corrected chi connectivity index (χ2v) is 9.49. The van der Waals surface area contributed by atoms with E-state index in [4.69, 9.17) is 24.4 Å². The molecule has 0 spiro atoms. The summed E-state index contributed by atoms with van der Waals surface area (Å²) in [5.41, 5.74) is 7.35. The highest BCUT2D eigenvalue weighted by Gasteiger charge is 2.19. The standard InChI is InChI=1S/C34H20N4O/c1-2-10-21(11-3-1)34-37-30(33-32(38-34)26-15-7-9-17-29(26)39-33)22-18-19-28(35-20-22)31-25-14-5-4-12-23(25)24-13-6-8-16-27(24)36-31/h1-20H. The molecule has 0 atom stereocenters. The average Bonchev–Trinajstić information content (AvgIpc) is 3.39. The molecule has 4 heterocycles. The maximum absolute atomic E-state index is 6.28. The number of aromatic nitrogens is 4. The van der Waals surface area contributed by atoms with E-state index in [2.05, 4.69) is 24.3 Å². The predicted molar refractivity (Wildman–Crippen MR) is 156 cm³/mol. The molecule has 0 bridgehead atoms. The van der Waals surface area contributed by atoms with Crippen LogP contribution in [0.15, 0.2) is 126 Å². The molecule has 0 aliphatic heterocycles. The third-order valence-corrected chi connectivity index (χ3v) is 7.14. The highest BCUT2D eigenvalue weighted by Crippen LogP contribution is 2.36. The zero-order valence-electron chi connectivity index (χ0n) is 20.7. The fourth-order valence-corrected chi connectivity index (χ4v) is 5.28. The van der Waals surface area contributed by atoms with E-state index in [9.17, 15) is 0 Å². The van der Waals surface area contributed by atoms with Crippen molar-refractivity contribution in [3.05, 3.63) is 121 Å². The van der Waals surface area contributed by atoms with Crippen LogP contribution in [0.4, 0.5) is 0 Å². The molecule has 8 rings (SSSR count). The van der Waals surface area contributed by atoms with Gasteiger partial charge in [0.2, 0.25) is 0 Å². The van der Waals surface area contributed by atoms with Crippen LogP contribution in [0.3, 0.4) is 0 Å². The van der Waals surface area contributed by atoms with Crippen LogP contribution < -0.4 is 0 Å². The van der Waals surface area contributed by atoms with Crippen LogP contribution in [0.25, 0.3) is 77.8 Å². The van der Waals surface area contributed by atoms with Gasteiger partial charge in [0.1, 0.15) is 16.8 Å². The van der Waals surface area contributed by atoms with Gasteiger partial charge in [-0.3, -0.25) is 4.98 Å². The van der Waals surface area contributed by atoms with E-state index in [-0.39, 0.29) is 0 Å². The molecule has 0 saturated carbocycles. The molecule has 8 aromatic rings. The van der Waals surface area contributed by atoms with Gasteiger partial charge >= 0.3 is 0 Å². The van der Waals surface area contributed by atoms with E-state index >= 15 is 0 Å². The van der Waals surface area contributed by atoms with E-state index in [1.165, 1.54) is 0 Å². The van der Waals surface area contributed by atoms with Crippen molar-refractivity contribution in [3.63, 3.8) is 0 Å². The molecule has 182 valence electrons. The van der Waals surface area contributed by atoms with Crippen molar-refractivity contribution < 1.29 is 4.42 Å². The summed E-state index contributed by atoms with van der Waals surface area (Å²) in [6.07, 6.45) is 1.85. The van der Waals surface area contributed by atoms with Gasteiger partial charge in [-0.15, -0.1) is 0 Å². The minimum atomic E-state index is 0.649. The number of benzene rings is 4. The summed E-state index contributed by atoms with van der Waals surface area (Å²) in [6, 6.07) is 38.6. The van der Waals surface area contributed by atoms with Crippen LogP contribution in [0.5, 0.6) is 0 Å². The van der Waals surface area contributed by atoms with Crippen LogP contribution in [-0.4, -0.2) is 19.9 Å². The first-order chi connectivity index (χ1) is 19.3. The molecule has 0 N–H and O–H groups in total. The summed E-state index contributed by atoms with van der Waals surface area (Å²) in [7, 11) is 0. The number of rotatable bonds is 3. The molecule has 0 aliphatic carbocycles. The van der Waals surface area contributed by atoms with Crippen molar-refractivity contribution in [2.24, 2.45) is 0 Å². The molecule has 4 aromatic heterocycles. The van der Waals surface area contributed by atoms with Crippen molar-refractivity contribution in [2.45, 2.75) is 0 Å². The van der Waals surface area contributed by atoms with Crippen LogP contribution in [0.2, 0.25) is 0 Å². The van der Waals surface area contributed by atoms with Gasteiger partial charge in [-0.1, -0.05) is 84.9 Å². The Labute approximate surface area is 223 Å². The van der Waals surface area contributed by atoms with Crippen LogP contribution in [-0.2, 0) is 0 Å². The first-order valence-corrected chi connectivity index (χ1v) is 12.8. The lowest BCUT2D eigenvalue weighted by Gasteiger charge is -2.10. The molecule has 5 nitrogen and oxygen atoms in total. The van der Waals surface area contributed by atoms with Crippen molar-refractivity contribution in [1.82, 2.24) is 19.9 Å². The van der Waals surface area contributed by atoms with Gasteiger partial charge in [0, 0.05) is 33.5 Å². The lowest BCUT2D eigenvalue weighted by atomic mass is 10.0. The third kappa shape index (κ3) is 3.48. The van der Waals surface area contributed by atoms with Gasteiger partial charge in [0.15, 0.2) is 11.4 Å². The van der Waals surface area contributed by atoms with Crippen molar-refractivity contribution in [2.75, 3.05) is 0 Å². The van der Waals surface area contributed by atoms with E-state index in [0.717, 1.165) is 60.7 Å². The predicted octanol–water partition coefficient (Wildman–Crippen LogP) is 8.47. The molecule has 0 aliphatic rings. The average molecular weight is 501 g/mol. The maximum atomic E-state index is 6.28. The third-order valence-electron chi connectivity index (χ3n) is 7.14. The van der Waals surface area contributed by atoms with Crippen LogP contribution in [0, 0.1) is 0 Å². The van der Waals surface area contributed by atoms with Crippen molar-refractivity contribution in [1.29, 1.82) is 0 Å². The van der Waals surface area contributed by atoms with E-state index in [1.807, 2.05) is 97.2 Å². The van der Waals surface area contributed by atoms with Gasteiger partial charge in [-0.05, 0) is 35.7 Å². The number of nitrogens with zero attached hydrogens (tertiary/aromatic N) is 4. The Kier molecular flexibility index (Phi) is 4.76. The Bertz CT molecular complexity index is 2170. The molecule has 39 heavy (non-hydrogen) atoms. The summed E-state index contributed by atoms with van der Waals surface area (Å²) in [4.78, 5) is 19.8. The Hall–Kier alpha value is -5.42. The lowest BCUT2D eigenvalue weighted by Crippen LogP contribution is -1.95. The van der Waals surface area contributed by atoms with Gasteiger partial charge in [-0.25, -0.2) is 15.0 Å².